The molecular formula is C14H15FN2O2S. The summed E-state index contributed by atoms with van der Waals surface area (Å²) in [6, 6.07) is 8.94. The van der Waals surface area contributed by atoms with Gasteiger partial charge in [-0.15, -0.1) is 0 Å². The summed E-state index contributed by atoms with van der Waals surface area (Å²) in [5.41, 5.74) is 7.14. The van der Waals surface area contributed by atoms with Gasteiger partial charge < -0.3 is 5.73 Å². The molecule has 3 N–H and O–H groups in total. The molecule has 0 aliphatic heterocycles. The van der Waals surface area contributed by atoms with Crippen molar-refractivity contribution in [1.82, 2.24) is 0 Å². The van der Waals surface area contributed by atoms with Crippen molar-refractivity contribution < 1.29 is 12.8 Å². The molecule has 2 aromatic rings. The minimum Gasteiger partial charge on any atom is -0.398 e. The van der Waals surface area contributed by atoms with Crippen LogP contribution in [0.4, 0.5) is 15.8 Å². The van der Waals surface area contributed by atoms with Crippen molar-refractivity contribution in [1.29, 1.82) is 0 Å². The van der Waals surface area contributed by atoms with Crippen LogP contribution in [0.15, 0.2) is 41.3 Å². The fourth-order valence-electron chi connectivity index (χ4n) is 1.86. The van der Waals surface area contributed by atoms with E-state index < -0.39 is 15.8 Å². The maximum atomic E-state index is 13.7. The van der Waals surface area contributed by atoms with Crippen LogP contribution < -0.4 is 10.5 Å². The minimum absolute atomic E-state index is 0.0625. The molecule has 0 fully saturated rings. The number of para-hydroxylation sites is 1. The molecule has 0 atom stereocenters. The maximum absolute atomic E-state index is 13.7. The number of benzene rings is 2. The topological polar surface area (TPSA) is 72.2 Å². The molecule has 0 amide bonds. The molecule has 0 aliphatic carbocycles. The largest absolute Gasteiger partial charge is 0.398 e. The van der Waals surface area contributed by atoms with E-state index in [1.807, 2.05) is 0 Å². The Morgan fingerprint density at radius 2 is 1.85 bits per heavy atom. The highest BCUT2D eigenvalue weighted by Gasteiger charge is 2.20. The lowest BCUT2D eigenvalue weighted by Gasteiger charge is -2.13. The van der Waals surface area contributed by atoms with Gasteiger partial charge in [-0.3, -0.25) is 4.72 Å². The van der Waals surface area contributed by atoms with E-state index in [0.29, 0.717) is 5.56 Å². The first kappa shape index (κ1) is 14.3. The number of hydrogen-bond acceptors (Lipinski definition) is 3. The van der Waals surface area contributed by atoms with Gasteiger partial charge in [0.1, 0.15) is 10.7 Å². The van der Waals surface area contributed by atoms with Gasteiger partial charge in [0.25, 0.3) is 10.0 Å². The average Bonchev–Trinajstić information content (AvgIpc) is 2.33. The van der Waals surface area contributed by atoms with E-state index in [9.17, 15) is 12.8 Å². The van der Waals surface area contributed by atoms with Crippen LogP contribution in [0.5, 0.6) is 0 Å². The van der Waals surface area contributed by atoms with E-state index in [-0.39, 0.29) is 16.3 Å². The fraction of sp³-hybridized carbons (Fsp3) is 0.143. The Bertz CT molecular complexity index is 738. The Balaban J connectivity index is 2.46. The maximum Gasteiger partial charge on any atom is 0.264 e. The van der Waals surface area contributed by atoms with Crippen molar-refractivity contribution in [3.05, 3.63) is 53.3 Å². The van der Waals surface area contributed by atoms with Gasteiger partial charge in [-0.25, -0.2) is 12.8 Å². The van der Waals surface area contributed by atoms with Crippen LogP contribution in [0.25, 0.3) is 0 Å². The van der Waals surface area contributed by atoms with Crippen LogP contribution in [-0.2, 0) is 10.0 Å². The van der Waals surface area contributed by atoms with E-state index in [0.717, 1.165) is 5.56 Å². The third-order valence-corrected chi connectivity index (χ3v) is 4.34. The molecule has 2 aromatic carbocycles. The quantitative estimate of drug-likeness (QED) is 0.855. The Hall–Kier alpha value is -2.08. The van der Waals surface area contributed by atoms with Gasteiger partial charge in [-0.1, -0.05) is 18.2 Å². The predicted octanol–water partition coefficient (Wildman–Crippen LogP) is 2.83. The number of nitrogen functional groups attached to an aromatic ring is 1. The standard InChI is InChI=1S/C14H15FN2O2S/c1-9-6-7-13(12(16)8-9)20(18,19)17-14-10(2)4-3-5-11(14)15/h3-8,17H,16H2,1-2H3. The summed E-state index contributed by atoms with van der Waals surface area (Å²) in [6.07, 6.45) is 0. The molecule has 0 radical (unpaired) electrons. The zero-order valence-corrected chi connectivity index (χ0v) is 12.0. The van der Waals surface area contributed by atoms with Crippen LogP contribution in [0.1, 0.15) is 11.1 Å². The van der Waals surface area contributed by atoms with Gasteiger partial charge in [0.2, 0.25) is 0 Å². The molecule has 0 spiro atoms. The molecule has 0 saturated heterocycles. The van der Waals surface area contributed by atoms with Gasteiger partial charge in [-0.05, 0) is 43.2 Å². The molecule has 0 unspecified atom stereocenters. The second-order valence-corrected chi connectivity index (χ2v) is 6.23. The number of nitrogens with one attached hydrogen (secondary N) is 1. The lowest BCUT2D eigenvalue weighted by atomic mass is 10.2. The highest BCUT2D eigenvalue weighted by Crippen LogP contribution is 2.25. The Morgan fingerprint density at radius 3 is 2.45 bits per heavy atom. The number of rotatable bonds is 3. The van der Waals surface area contributed by atoms with Crippen LogP contribution in [0.2, 0.25) is 0 Å². The van der Waals surface area contributed by atoms with Gasteiger partial charge >= 0.3 is 0 Å². The molecule has 0 bridgehead atoms. The highest BCUT2D eigenvalue weighted by atomic mass is 32.2. The first-order valence-electron chi connectivity index (χ1n) is 5.95. The van der Waals surface area contributed by atoms with Crippen molar-refractivity contribution >= 4 is 21.4 Å². The lowest BCUT2D eigenvalue weighted by Crippen LogP contribution is -2.16. The molecule has 106 valence electrons. The van der Waals surface area contributed by atoms with E-state index in [2.05, 4.69) is 4.72 Å². The average molecular weight is 294 g/mol. The molecule has 4 nitrogen and oxygen atoms in total. The molecule has 0 heterocycles. The molecule has 6 heteroatoms. The van der Waals surface area contributed by atoms with Gasteiger partial charge in [0, 0.05) is 0 Å². The van der Waals surface area contributed by atoms with Crippen molar-refractivity contribution in [2.75, 3.05) is 10.5 Å². The monoisotopic (exact) mass is 294 g/mol. The summed E-state index contributed by atoms with van der Waals surface area (Å²) < 4.78 is 40.5. The van der Waals surface area contributed by atoms with Crippen molar-refractivity contribution in [2.45, 2.75) is 18.7 Å². The third-order valence-electron chi connectivity index (χ3n) is 2.91. The molecule has 2 rings (SSSR count). The number of aryl methyl sites for hydroxylation is 2. The van der Waals surface area contributed by atoms with Gasteiger partial charge in [0.05, 0.1) is 11.4 Å². The van der Waals surface area contributed by atoms with Crippen molar-refractivity contribution in [3.8, 4) is 0 Å². The van der Waals surface area contributed by atoms with Crippen LogP contribution >= 0.6 is 0 Å². The van der Waals surface area contributed by atoms with Gasteiger partial charge in [-0.2, -0.15) is 0 Å². The first-order chi connectivity index (χ1) is 9.31. The first-order valence-corrected chi connectivity index (χ1v) is 7.43. The summed E-state index contributed by atoms with van der Waals surface area (Å²) in [5, 5.41) is 0. The fourth-order valence-corrected chi connectivity index (χ4v) is 3.12. The van der Waals surface area contributed by atoms with Gasteiger partial charge in [0.15, 0.2) is 0 Å². The number of nitrogens with two attached hydrogens (primary N) is 1. The summed E-state index contributed by atoms with van der Waals surface area (Å²) in [4.78, 5) is -0.0641. The van der Waals surface area contributed by atoms with E-state index >= 15 is 0 Å². The summed E-state index contributed by atoms with van der Waals surface area (Å²) >= 11 is 0. The number of anilines is 2. The zero-order valence-electron chi connectivity index (χ0n) is 11.1. The molecule has 0 aliphatic rings. The zero-order chi connectivity index (χ0) is 14.9. The Morgan fingerprint density at radius 1 is 1.15 bits per heavy atom. The van der Waals surface area contributed by atoms with E-state index in [4.69, 9.17) is 5.73 Å². The van der Waals surface area contributed by atoms with Crippen LogP contribution in [0.3, 0.4) is 0 Å². The predicted molar refractivity (Wildman–Crippen MR) is 77.5 cm³/mol. The minimum atomic E-state index is -3.92. The van der Waals surface area contributed by atoms with E-state index in [1.54, 1.807) is 32.0 Å². The number of halogens is 1. The van der Waals surface area contributed by atoms with Crippen LogP contribution in [0, 0.1) is 19.7 Å². The Kier molecular flexibility index (Phi) is 3.67. The second-order valence-electron chi connectivity index (χ2n) is 4.58. The number of sulfonamides is 1. The molecule has 20 heavy (non-hydrogen) atoms. The summed E-state index contributed by atoms with van der Waals surface area (Å²) in [6.45, 7) is 3.43. The highest BCUT2D eigenvalue weighted by molar-refractivity contribution is 7.92. The number of hydrogen-bond donors (Lipinski definition) is 2. The third kappa shape index (κ3) is 2.75. The van der Waals surface area contributed by atoms with Crippen molar-refractivity contribution in [3.63, 3.8) is 0 Å². The smallest absolute Gasteiger partial charge is 0.264 e. The molecular weight excluding hydrogens is 279 g/mol. The lowest BCUT2D eigenvalue weighted by molar-refractivity contribution is 0.598. The summed E-state index contributed by atoms with van der Waals surface area (Å²) in [5.74, 6) is -0.626. The van der Waals surface area contributed by atoms with Crippen LogP contribution in [-0.4, -0.2) is 8.42 Å². The SMILES string of the molecule is Cc1ccc(S(=O)(=O)Nc2c(C)cccc2F)c(N)c1. The second kappa shape index (κ2) is 5.13. The molecule has 0 saturated carbocycles. The Labute approximate surface area is 117 Å². The normalized spacial score (nSPS) is 11.3. The molecule has 0 aromatic heterocycles. The summed E-state index contributed by atoms with van der Waals surface area (Å²) in [7, 11) is -3.92. The van der Waals surface area contributed by atoms with E-state index in [1.165, 1.54) is 18.2 Å². The van der Waals surface area contributed by atoms with Crippen molar-refractivity contribution in [2.24, 2.45) is 0 Å².